The van der Waals surface area contributed by atoms with Gasteiger partial charge in [-0.25, -0.2) is 0 Å². The Morgan fingerprint density at radius 1 is 1.25 bits per heavy atom. The number of hydrogen-bond acceptors (Lipinski definition) is 3. The van der Waals surface area contributed by atoms with Gasteiger partial charge in [0.1, 0.15) is 0 Å². The molecule has 20 heavy (non-hydrogen) atoms. The Balaban J connectivity index is 1.86. The second-order valence-corrected chi connectivity index (χ2v) is 5.65. The number of carbonyl (C=O) groups is 1. The molecule has 1 aromatic heterocycles. The van der Waals surface area contributed by atoms with Crippen LogP contribution >= 0.6 is 11.3 Å². The normalized spacial score (nSPS) is 10.7. The van der Waals surface area contributed by atoms with E-state index in [2.05, 4.69) is 5.32 Å². The van der Waals surface area contributed by atoms with Gasteiger partial charge in [0, 0.05) is 30.7 Å². The zero-order valence-corrected chi connectivity index (χ0v) is 12.5. The molecule has 1 amide bonds. The van der Waals surface area contributed by atoms with E-state index in [0.29, 0.717) is 6.54 Å². The van der Waals surface area contributed by atoms with Crippen LogP contribution in [0.3, 0.4) is 0 Å². The molecule has 0 aliphatic carbocycles. The minimum absolute atomic E-state index is 0.0740. The lowest BCUT2D eigenvalue weighted by Crippen LogP contribution is -2.19. The van der Waals surface area contributed by atoms with Crippen LogP contribution in [0.4, 0.5) is 5.69 Å². The van der Waals surface area contributed by atoms with Gasteiger partial charge in [0.2, 0.25) is 5.91 Å². The van der Waals surface area contributed by atoms with Crippen molar-refractivity contribution in [3.8, 4) is 0 Å². The summed E-state index contributed by atoms with van der Waals surface area (Å²) >= 11 is 1.64. The molecule has 0 bridgehead atoms. The van der Waals surface area contributed by atoms with E-state index in [1.165, 1.54) is 0 Å². The molecule has 2 aromatic rings. The molecule has 0 saturated heterocycles. The average molecular weight is 286 g/mol. The second-order valence-electron chi connectivity index (χ2n) is 4.62. The largest absolute Gasteiger partial charge is 0.378 e. The Labute approximate surface area is 123 Å². The van der Waals surface area contributed by atoms with Crippen molar-refractivity contribution < 1.29 is 4.79 Å². The maximum absolute atomic E-state index is 11.7. The monoisotopic (exact) mass is 286 g/mol. The molecule has 1 N–H and O–H groups in total. The average Bonchev–Trinajstić information content (AvgIpc) is 2.96. The van der Waals surface area contributed by atoms with E-state index in [-0.39, 0.29) is 5.91 Å². The molecule has 0 fully saturated rings. The van der Waals surface area contributed by atoms with Gasteiger partial charge in [-0.15, -0.1) is 11.3 Å². The van der Waals surface area contributed by atoms with Crippen molar-refractivity contribution in [1.82, 2.24) is 5.32 Å². The van der Waals surface area contributed by atoms with Crippen LogP contribution in [0.15, 0.2) is 47.9 Å². The third-order valence-electron chi connectivity index (χ3n) is 2.85. The molecule has 0 unspecified atom stereocenters. The summed E-state index contributed by atoms with van der Waals surface area (Å²) in [6.45, 7) is 0.584. The second kappa shape index (κ2) is 6.91. The van der Waals surface area contributed by atoms with Gasteiger partial charge in [0.05, 0.1) is 6.54 Å². The first-order chi connectivity index (χ1) is 9.65. The van der Waals surface area contributed by atoms with Crippen molar-refractivity contribution in [3.63, 3.8) is 0 Å². The van der Waals surface area contributed by atoms with Gasteiger partial charge < -0.3 is 10.2 Å². The summed E-state index contributed by atoms with van der Waals surface area (Å²) in [7, 11) is 4.01. The molecule has 104 valence electrons. The minimum Gasteiger partial charge on any atom is -0.378 e. The van der Waals surface area contributed by atoms with Crippen LogP contribution < -0.4 is 10.2 Å². The number of thiophene rings is 1. The number of nitrogens with one attached hydrogen (secondary N) is 1. The molecule has 3 nitrogen and oxygen atoms in total. The maximum Gasteiger partial charge on any atom is 0.244 e. The first-order valence-electron chi connectivity index (χ1n) is 6.41. The molecular formula is C16H18N2OS. The fourth-order valence-corrected chi connectivity index (χ4v) is 2.35. The van der Waals surface area contributed by atoms with Gasteiger partial charge in [-0.3, -0.25) is 4.79 Å². The fraction of sp³-hybridized carbons (Fsp3) is 0.188. The van der Waals surface area contributed by atoms with Crippen LogP contribution in [0, 0.1) is 0 Å². The summed E-state index contributed by atoms with van der Waals surface area (Å²) in [6, 6.07) is 12.0. The maximum atomic E-state index is 11.7. The van der Waals surface area contributed by atoms with Crippen LogP contribution in [-0.2, 0) is 11.3 Å². The highest BCUT2D eigenvalue weighted by Crippen LogP contribution is 2.13. The summed E-state index contributed by atoms with van der Waals surface area (Å²) < 4.78 is 0. The summed E-state index contributed by atoms with van der Waals surface area (Å²) in [5.74, 6) is -0.0740. The van der Waals surface area contributed by atoms with Gasteiger partial charge in [-0.2, -0.15) is 0 Å². The van der Waals surface area contributed by atoms with Crippen molar-refractivity contribution in [1.29, 1.82) is 0 Å². The predicted octanol–water partition coefficient (Wildman–Crippen LogP) is 3.14. The SMILES string of the molecule is CN(C)c1ccc(/C=C/C(=O)NCc2cccs2)cc1. The van der Waals surface area contributed by atoms with E-state index in [9.17, 15) is 4.79 Å². The van der Waals surface area contributed by atoms with E-state index in [1.807, 2.05) is 66.8 Å². The van der Waals surface area contributed by atoms with Gasteiger partial charge in [-0.05, 0) is 35.2 Å². The fourth-order valence-electron chi connectivity index (χ4n) is 1.70. The standard InChI is InChI=1S/C16H18N2OS/c1-18(2)14-8-5-13(6-9-14)7-10-16(19)17-12-15-4-3-11-20-15/h3-11H,12H2,1-2H3,(H,17,19)/b10-7+. The van der Waals surface area contributed by atoms with Crippen LogP contribution in [-0.4, -0.2) is 20.0 Å². The van der Waals surface area contributed by atoms with Crippen LogP contribution in [0.25, 0.3) is 6.08 Å². The number of hydrogen-bond donors (Lipinski definition) is 1. The molecule has 1 aromatic carbocycles. The van der Waals surface area contributed by atoms with Crippen LogP contribution in [0.2, 0.25) is 0 Å². The Morgan fingerprint density at radius 2 is 2.00 bits per heavy atom. The van der Waals surface area contributed by atoms with E-state index in [0.717, 1.165) is 16.1 Å². The molecule has 4 heteroatoms. The highest BCUT2D eigenvalue weighted by atomic mass is 32.1. The summed E-state index contributed by atoms with van der Waals surface area (Å²) in [5.41, 5.74) is 2.16. The molecule has 2 rings (SSSR count). The number of amides is 1. The quantitative estimate of drug-likeness (QED) is 0.856. The Kier molecular flexibility index (Phi) is 4.96. The number of rotatable bonds is 5. The third kappa shape index (κ3) is 4.24. The van der Waals surface area contributed by atoms with Gasteiger partial charge in [0.25, 0.3) is 0 Å². The third-order valence-corrected chi connectivity index (χ3v) is 3.73. The van der Waals surface area contributed by atoms with Gasteiger partial charge in [0.15, 0.2) is 0 Å². The zero-order chi connectivity index (χ0) is 14.4. The Bertz CT molecular complexity index is 571. The van der Waals surface area contributed by atoms with Crippen molar-refractivity contribution >= 4 is 29.0 Å². The first kappa shape index (κ1) is 14.3. The van der Waals surface area contributed by atoms with E-state index in [4.69, 9.17) is 0 Å². The molecule has 1 heterocycles. The topological polar surface area (TPSA) is 32.3 Å². The lowest BCUT2D eigenvalue weighted by atomic mass is 10.2. The Morgan fingerprint density at radius 3 is 2.60 bits per heavy atom. The van der Waals surface area contributed by atoms with E-state index < -0.39 is 0 Å². The van der Waals surface area contributed by atoms with E-state index >= 15 is 0 Å². The summed E-state index contributed by atoms with van der Waals surface area (Å²) in [4.78, 5) is 14.9. The van der Waals surface area contributed by atoms with Crippen LogP contribution in [0.5, 0.6) is 0 Å². The molecule has 0 radical (unpaired) electrons. The molecule has 0 aliphatic rings. The molecule has 0 saturated carbocycles. The van der Waals surface area contributed by atoms with Crippen molar-refractivity contribution in [3.05, 3.63) is 58.3 Å². The molecule has 0 aliphatic heterocycles. The highest BCUT2D eigenvalue weighted by molar-refractivity contribution is 7.09. The predicted molar refractivity (Wildman–Crippen MR) is 86.0 cm³/mol. The summed E-state index contributed by atoms with van der Waals surface area (Å²) in [6.07, 6.45) is 3.39. The van der Waals surface area contributed by atoms with Gasteiger partial charge >= 0.3 is 0 Å². The molecular weight excluding hydrogens is 268 g/mol. The minimum atomic E-state index is -0.0740. The highest BCUT2D eigenvalue weighted by Gasteiger charge is 1.98. The van der Waals surface area contributed by atoms with Crippen molar-refractivity contribution in [2.45, 2.75) is 6.54 Å². The van der Waals surface area contributed by atoms with Crippen LogP contribution in [0.1, 0.15) is 10.4 Å². The lowest BCUT2D eigenvalue weighted by molar-refractivity contribution is -0.116. The van der Waals surface area contributed by atoms with E-state index in [1.54, 1.807) is 17.4 Å². The number of benzene rings is 1. The first-order valence-corrected chi connectivity index (χ1v) is 7.29. The molecule has 0 atom stereocenters. The Hall–Kier alpha value is -2.07. The number of nitrogens with zero attached hydrogens (tertiary/aromatic N) is 1. The number of carbonyl (C=O) groups excluding carboxylic acids is 1. The smallest absolute Gasteiger partial charge is 0.244 e. The molecule has 0 spiro atoms. The van der Waals surface area contributed by atoms with Crippen molar-refractivity contribution in [2.24, 2.45) is 0 Å². The lowest BCUT2D eigenvalue weighted by Gasteiger charge is -2.11. The summed E-state index contributed by atoms with van der Waals surface area (Å²) in [5, 5.41) is 4.86. The number of anilines is 1. The zero-order valence-electron chi connectivity index (χ0n) is 11.7. The van der Waals surface area contributed by atoms with Gasteiger partial charge in [-0.1, -0.05) is 18.2 Å². The van der Waals surface area contributed by atoms with Crippen molar-refractivity contribution in [2.75, 3.05) is 19.0 Å².